The average Bonchev–Trinajstić information content (AvgIpc) is 3.36. The summed E-state index contributed by atoms with van der Waals surface area (Å²) in [5.41, 5.74) is 4.10. The van der Waals surface area contributed by atoms with Crippen molar-refractivity contribution in [3.8, 4) is 6.07 Å². The predicted octanol–water partition coefficient (Wildman–Crippen LogP) is 6.16. The molecule has 0 bridgehead atoms. The number of benzene rings is 3. The highest BCUT2D eigenvalue weighted by Crippen LogP contribution is 2.35. The minimum atomic E-state index is -0.458. The van der Waals surface area contributed by atoms with E-state index >= 15 is 0 Å². The van der Waals surface area contributed by atoms with Crippen molar-refractivity contribution in [3.05, 3.63) is 116 Å². The Hall–Kier alpha value is -4.24. The highest BCUT2D eigenvalue weighted by atomic mass is 19.1. The number of rotatable bonds is 6. The normalized spacial score (nSPS) is 14.2. The van der Waals surface area contributed by atoms with Gasteiger partial charge in [-0.15, -0.1) is 0 Å². The molecule has 0 amide bonds. The number of hydrogen-bond acceptors (Lipinski definition) is 5. The van der Waals surface area contributed by atoms with Crippen molar-refractivity contribution in [2.24, 2.45) is 10.9 Å². The lowest BCUT2D eigenvalue weighted by atomic mass is 9.91. The van der Waals surface area contributed by atoms with Crippen LogP contribution >= 0.6 is 0 Å². The fourth-order valence-corrected chi connectivity index (χ4v) is 5.08. The van der Waals surface area contributed by atoms with Gasteiger partial charge in [0.1, 0.15) is 23.0 Å². The van der Waals surface area contributed by atoms with E-state index in [2.05, 4.69) is 49.1 Å². The second-order valence-corrected chi connectivity index (χ2v) is 9.86. The van der Waals surface area contributed by atoms with Gasteiger partial charge >= 0.3 is 0 Å². The second kappa shape index (κ2) is 10.0. The zero-order valence-electron chi connectivity index (χ0n) is 21.2. The maximum Gasteiger partial charge on any atom is 0.196 e. The minimum absolute atomic E-state index is 0.0621. The average molecular weight is 494 g/mol. The summed E-state index contributed by atoms with van der Waals surface area (Å²) in [4.78, 5) is 20.9. The first-order valence-corrected chi connectivity index (χ1v) is 12.5. The third-order valence-electron chi connectivity index (χ3n) is 6.84. The summed E-state index contributed by atoms with van der Waals surface area (Å²) in [7, 11) is 0. The molecule has 3 aromatic carbocycles. The molecule has 0 spiro atoms. The monoisotopic (exact) mass is 493 g/mol. The summed E-state index contributed by atoms with van der Waals surface area (Å²) < 4.78 is 20.6. The van der Waals surface area contributed by atoms with E-state index in [0.29, 0.717) is 41.8 Å². The van der Waals surface area contributed by atoms with Crippen LogP contribution in [-0.2, 0) is 6.42 Å². The number of amidine groups is 1. The summed E-state index contributed by atoms with van der Waals surface area (Å²) in [6.45, 7) is 7.54. The van der Waals surface area contributed by atoms with Crippen LogP contribution < -0.4 is 5.43 Å². The van der Waals surface area contributed by atoms with E-state index in [-0.39, 0.29) is 23.0 Å². The molecule has 0 saturated heterocycles. The lowest BCUT2D eigenvalue weighted by Crippen LogP contribution is -2.37. The lowest BCUT2D eigenvalue weighted by molar-refractivity contribution is 0.231. The van der Waals surface area contributed by atoms with Gasteiger partial charge in [-0.3, -0.25) is 9.79 Å². The molecule has 5 rings (SSSR count). The molecule has 1 aliphatic rings. The van der Waals surface area contributed by atoms with Gasteiger partial charge in [-0.2, -0.15) is 5.26 Å². The molecule has 4 aromatic rings. The van der Waals surface area contributed by atoms with Crippen LogP contribution in [0.1, 0.15) is 53.5 Å². The third kappa shape index (κ3) is 4.77. The van der Waals surface area contributed by atoms with E-state index in [0.717, 1.165) is 17.0 Å². The van der Waals surface area contributed by atoms with Crippen LogP contribution in [-0.4, -0.2) is 23.8 Å². The van der Waals surface area contributed by atoms with Crippen LogP contribution in [0.3, 0.4) is 0 Å². The summed E-state index contributed by atoms with van der Waals surface area (Å²) in [6.07, 6.45) is 0.300. The first-order chi connectivity index (χ1) is 17.9. The van der Waals surface area contributed by atoms with Gasteiger partial charge in [0.15, 0.2) is 5.43 Å². The van der Waals surface area contributed by atoms with Crippen LogP contribution in [0.4, 0.5) is 4.39 Å². The van der Waals surface area contributed by atoms with Gasteiger partial charge in [0, 0.05) is 30.2 Å². The fraction of sp³-hybridized carbons (Fsp3) is 0.258. The van der Waals surface area contributed by atoms with Crippen LogP contribution in [0.15, 0.2) is 80.9 Å². The van der Waals surface area contributed by atoms with Crippen molar-refractivity contribution < 1.29 is 8.81 Å². The zero-order valence-corrected chi connectivity index (χ0v) is 21.2. The highest BCUT2D eigenvalue weighted by Gasteiger charge is 2.34. The largest absolute Gasteiger partial charge is 0.458 e. The zero-order chi connectivity index (χ0) is 26.1. The second-order valence-electron chi connectivity index (χ2n) is 9.86. The van der Waals surface area contributed by atoms with E-state index < -0.39 is 5.82 Å². The minimum Gasteiger partial charge on any atom is -0.458 e. The van der Waals surface area contributed by atoms with E-state index in [1.54, 1.807) is 12.1 Å². The van der Waals surface area contributed by atoms with Gasteiger partial charge in [0.05, 0.1) is 29.6 Å². The first kappa shape index (κ1) is 24.5. The van der Waals surface area contributed by atoms with Crippen molar-refractivity contribution in [3.63, 3.8) is 0 Å². The van der Waals surface area contributed by atoms with Crippen LogP contribution in [0.5, 0.6) is 0 Å². The number of fused-ring (bicyclic) bond motifs is 1. The maximum absolute atomic E-state index is 14.2. The Morgan fingerprint density at radius 3 is 2.62 bits per heavy atom. The molecular formula is C31H28FN3O2. The molecule has 6 heteroatoms. The number of nitriles is 1. The molecule has 5 nitrogen and oxygen atoms in total. The van der Waals surface area contributed by atoms with Gasteiger partial charge < -0.3 is 9.32 Å². The molecular weight excluding hydrogens is 465 g/mol. The van der Waals surface area contributed by atoms with Gasteiger partial charge in [-0.25, -0.2) is 4.39 Å². The van der Waals surface area contributed by atoms with Crippen molar-refractivity contribution in [1.82, 2.24) is 4.90 Å². The Bertz CT molecular complexity index is 1600. The van der Waals surface area contributed by atoms with Gasteiger partial charge in [-0.1, -0.05) is 55.8 Å². The Morgan fingerprint density at radius 2 is 1.89 bits per heavy atom. The first-order valence-electron chi connectivity index (χ1n) is 12.5. The summed E-state index contributed by atoms with van der Waals surface area (Å²) in [6, 6.07) is 21.4. The van der Waals surface area contributed by atoms with Crippen LogP contribution in [0, 0.1) is 30.0 Å². The standard InChI is InChI=1S/C31H28FN3O2/c1-19(2)28(35-14-13-34-31(35)23-9-7-20(3)8-10-23)30-26(16-21-5-4-6-22(15-21)18-33)29(36)25-12-11-24(32)17-27(25)37-30/h4-12,15,17,19,28H,13-14,16H2,1-3H3. The molecule has 1 atom stereocenters. The maximum atomic E-state index is 14.2. The van der Waals surface area contributed by atoms with Crippen molar-refractivity contribution in [2.45, 2.75) is 33.2 Å². The van der Waals surface area contributed by atoms with Crippen molar-refractivity contribution >= 4 is 16.8 Å². The molecule has 0 radical (unpaired) electrons. The number of nitrogens with zero attached hydrogens (tertiary/aromatic N) is 3. The van der Waals surface area contributed by atoms with Gasteiger partial charge in [-0.05, 0) is 42.7 Å². The SMILES string of the molecule is Cc1ccc(C2=NCCN2C(c2oc3cc(F)ccc3c(=O)c2Cc2cccc(C#N)c2)C(C)C)cc1. The molecule has 2 heterocycles. The molecule has 0 saturated carbocycles. The summed E-state index contributed by atoms with van der Waals surface area (Å²) >= 11 is 0. The quantitative estimate of drug-likeness (QED) is 0.322. The molecule has 186 valence electrons. The Kier molecular flexibility index (Phi) is 6.62. The Morgan fingerprint density at radius 1 is 1.11 bits per heavy atom. The number of hydrogen-bond donors (Lipinski definition) is 0. The number of aliphatic imine (C=N–C) groups is 1. The van der Waals surface area contributed by atoms with Crippen molar-refractivity contribution in [1.29, 1.82) is 5.26 Å². The third-order valence-corrected chi connectivity index (χ3v) is 6.84. The van der Waals surface area contributed by atoms with E-state index in [9.17, 15) is 14.4 Å². The van der Waals surface area contributed by atoms with Gasteiger partial charge in [0.2, 0.25) is 0 Å². The molecule has 37 heavy (non-hydrogen) atoms. The van der Waals surface area contributed by atoms with E-state index in [4.69, 9.17) is 9.41 Å². The van der Waals surface area contributed by atoms with Gasteiger partial charge in [0.25, 0.3) is 0 Å². The molecule has 0 aliphatic carbocycles. The predicted molar refractivity (Wildman–Crippen MR) is 143 cm³/mol. The summed E-state index contributed by atoms with van der Waals surface area (Å²) in [5, 5.41) is 9.72. The smallest absolute Gasteiger partial charge is 0.196 e. The van der Waals surface area contributed by atoms with E-state index in [1.807, 2.05) is 19.1 Å². The van der Waals surface area contributed by atoms with E-state index in [1.165, 1.54) is 23.8 Å². The van der Waals surface area contributed by atoms with Crippen LogP contribution in [0.25, 0.3) is 11.0 Å². The molecule has 1 unspecified atom stereocenters. The molecule has 1 aromatic heterocycles. The Labute approximate surface area is 215 Å². The van der Waals surface area contributed by atoms with Crippen LogP contribution in [0.2, 0.25) is 0 Å². The van der Waals surface area contributed by atoms with Crippen molar-refractivity contribution in [2.75, 3.05) is 13.1 Å². The number of halogens is 1. The lowest BCUT2D eigenvalue weighted by Gasteiger charge is -2.34. The topological polar surface area (TPSA) is 69.6 Å². The Balaban J connectivity index is 1.69. The fourth-order valence-electron chi connectivity index (χ4n) is 5.08. The summed E-state index contributed by atoms with van der Waals surface area (Å²) in [5.74, 6) is 0.979. The highest BCUT2D eigenvalue weighted by molar-refractivity contribution is 6.00. The molecule has 1 aliphatic heterocycles. The number of aryl methyl sites for hydroxylation is 1. The molecule has 0 fully saturated rings. The molecule has 0 N–H and O–H groups in total.